The summed E-state index contributed by atoms with van der Waals surface area (Å²) < 4.78 is 41.4. The second-order valence-corrected chi connectivity index (χ2v) is 9.13. The van der Waals surface area contributed by atoms with E-state index in [-0.39, 0.29) is 13.0 Å². The summed E-state index contributed by atoms with van der Waals surface area (Å²) in [4.78, 5) is 15.6. The number of aromatic nitrogens is 1. The van der Waals surface area contributed by atoms with Crippen LogP contribution in [0.5, 0.6) is 0 Å². The van der Waals surface area contributed by atoms with Gasteiger partial charge in [0, 0.05) is 25.0 Å². The Labute approximate surface area is 200 Å². The fourth-order valence-electron chi connectivity index (χ4n) is 4.85. The minimum absolute atomic E-state index is 0. The van der Waals surface area contributed by atoms with Gasteiger partial charge < -0.3 is 14.8 Å². The molecule has 2 aromatic rings. The van der Waals surface area contributed by atoms with Crippen LogP contribution < -0.4 is 5.32 Å². The van der Waals surface area contributed by atoms with Crippen molar-refractivity contribution in [2.24, 2.45) is 0 Å². The van der Waals surface area contributed by atoms with E-state index in [1.54, 1.807) is 0 Å². The molecule has 34 heavy (non-hydrogen) atoms. The number of anilines is 1. The number of halogens is 3. The van der Waals surface area contributed by atoms with Gasteiger partial charge in [-0.1, -0.05) is 30.7 Å². The summed E-state index contributed by atoms with van der Waals surface area (Å²) in [5.74, 6) is -0.389. The molecule has 1 aromatic carbocycles. The quantitative estimate of drug-likeness (QED) is 0.474. The molecule has 1 fully saturated rings. The van der Waals surface area contributed by atoms with Crippen LogP contribution in [-0.4, -0.2) is 35.0 Å². The van der Waals surface area contributed by atoms with Gasteiger partial charge in [0.1, 0.15) is 0 Å². The van der Waals surface area contributed by atoms with Crippen LogP contribution in [-0.2, 0) is 12.7 Å². The summed E-state index contributed by atoms with van der Waals surface area (Å²) in [6.07, 6.45) is 8.47. The molecule has 0 radical (unpaired) electrons. The lowest BCUT2D eigenvalue weighted by molar-refractivity contribution is -0.137. The lowest BCUT2D eigenvalue weighted by Crippen LogP contribution is -2.31. The molecular weight excluding hydrogens is 439 g/mol. The maximum absolute atomic E-state index is 13.1. The highest BCUT2D eigenvalue weighted by atomic mass is 19.4. The summed E-state index contributed by atoms with van der Waals surface area (Å²) in [6.45, 7) is 6.05. The third-order valence-electron chi connectivity index (χ3n) is 6.71. The second kappa shape index (κ2) is 10.6. The molecule has 0 unspecified atom stereocenters. The minimum Gasteiger partial charge on any atom is -0.344 e. The van der Waals surface area contributed by atoms with E-state index >= 15 is 0 Å². The molecule has 2 aliphatic rings. The molecule has 1 aromatic heterocycles. The third kappa shape index (κ3) is 5.81. The molecule has 7 heteroatoms. The van der Waals surface area contributed by atoms with E-state index in [9.17, 15) is 18.0 Å². The number of alkyl halides is 3. The van der Waals surface area contributed by atoms with E-state index in [2.05, 4.69) is 26.9 Å². The molecule has 1 amide bonds. The monoisotopic (exact) mass is 473 g/mol. The zero-order valence-corrected chi connectivity index (χ0v) is 19.6. The molecule has 0 atom stereocenters. The number of carbonyl (C=O) groups excluding carboxylic acids is 1. The standard InChI is InChI=1S/C27H32F3N3O.H2/c1-20-24(26(34)31-23-13-8-12-22(18-23)27(28,29)30)19-25(21-10-4-2-5-11-21)33(20)17-9-16-32-14-6-3-7-15-32;/h2,4,8,10,12-13,18-19H,3,5-7,9,11,14-17H2,1H3,(H,31,34);1H. The Morgan fingerprint density at radius 1 is 1.12 bits per heavy atom. The van der Waals surface area contributed by atoms with E-state index in [0.717, 1.165) is 69.0 Å². The summed E-state index contributed by atoms with van der Waals surface area (Å²) in [5.41, 5.74) is 2.90. The first-order chi connectivity index (χ1) is 16.3. The third-order valence-corrected chi connectivity index (χ3v) is 6.71. The predicted molar refractivity (Wildman–Crippen MR) is 132 cm³/mol. The van der Waals surface area contributed by atoms with E-state index in [1.807, 2.05) is 19.1 Å². The van der Waals surface area contributed by atoms with Gasteiger partial charge in [-0.25, -0.2) is 0 Å². The fourth-order valence-corrected chi connectivity index (χ4v) is 4.85. The minimum atomic E-state index is -4.46. The van der Waals surface area contributed by atoms with Gasteiger partial charge in [-0.3, -0.25) is 4.79 Å². The van der Waals surface area contributed by atoms with Crippen LogP contribution in [0.2, 0.25) is 0 Å². The van der Waals surface area contributed by atoms with Gasteiger partial charge in [0.05, 0.1) is 11.1 Å². The highest BCUT2D eigenvalue weighted by Crippen LogP contribution is 2.32. The zero-order chi connectivity index (χ0) is 24.1. The average Bonchev–Trinajstić information content (AvgIpc) is 3.16. The molecule has 1 aliphatic carbocycles. The van der Waals surface area contributed by atoms with Gasteiger partial charge in [0.15, 0.2) is 0 Å². The largest absolute Gasteiger partial charge is 0.416 e. The average molecular weight is 474 g/mol. The van der Waals surface area contributed by atoms with Crippen molar-refractivity contribution in [3.63, 3.8) is 0 Å². The lowest BCUT2D eigenvalue weighted by atomic mass is 10.0. The molecular formula is C27H34F3N3O. The van der Waals surface area contributed by atoms with Crippen molar-refractivity contribution < 1.29 is 19.4 Å². The Hall–Kier alpha value is -2.80. The van der Waals surface area contributed by atoms with Crippen LogP contribution in [0.15, 0.2) is 48.6 Å². The first-order valence-corrected chi connectivity index (χ1v) is 12.1. The second-order valence-electron chi connectivity index (χ2n) is 9.13. The van der Waals surface area contributed by atoms with E-state index < -0.39 is 11.7 Å². The number of amides is 1. The molecule has 1 aliphatic heterocycles. The van der Waals surface area contributed by atoms with Gasteiger partial charge >= 0.3 is 6.18 Å². The van der Waals surface area contributed by atoms with E-state index in [1.165, 1.54) is 37.0 Å². The summed E-state index contributed by atoms with van der Waals surface area (Å²) in [7, 11) is 0. The number of likely N-dealkylation sites (tertiary alicyclic amines) is 1. The summed E-state index contributed by atoms with van der Waals surface area (Å²) in [6, 6.07) is 6.65. The lowest BCUT2D eigenvalue weighted by Gasteiger charge is -2.26. The van der Waals surface area contributed by atoms with Crippen LogP contribution in [0.4, 0.5) is 18.9 Å². The normalized spacial score (nSPS) is 17.0. The van der Waals surface area contributed by atoms with E-state index in [0.29, 0.717) is 5.56 Å². The van der Waals surface area contributed by atoms with Crippen molar-refractivity contribution in [1.82, 2.24) is 9.47 Å². The van der Waals surface area contributed by atoms with Crippen molar-refractivity contribution in [3.05, 3.63) is 71.1 Å². The van der Waals surface area contributed by atoms with Crippen LogP contribution in [0.1, 0.15) is 67.3 Å². The topological polar surface area (TPSA) is 37.3 Å². The molecule has 0 bridgehead atoms. The van der Waals surface area contributed by atoms with Crippen molar-refractivity contribution in [2.45, 2.75) is 58.2 Å². The molecule has 0 spiro atoms. The van der Waals surface area contributed by atoms with Crippen molar-refractivity contribution >= 4 is 17.2 Å². The Bertz CT molecular complexity index is 1080. The smallest absolute Gasteiger partial charge is 0.344 e. The van der Waals surface area contributed by atoms with Gasteiger partial charge in [-0.05, 0) is 88.5 Å². The molecule has 4 rings (SSSR count). The number of hydrogen-bond donors (Lipinski definition) is 1. The van der Waals surface area contributed by atoms with Gasteiger partial charge in [0.25, 0.3) is 5.91 Å². The van der Waals surface area contributed by atoms with E-state index in [4.69, 9.17) is 0 Å². The maximum atomic E-state index is 13.1. The van der Waals surface area contributed by atoms with Crippen LogP contribution in [0.25, 0.3) is 5.57 Å². The Morgan fingerprint density at radius 3 is 2.62 bits per heavy atom. The summed E-state index contributed by atoms with van der Waals surface area (Å²) >= 11 is 0. The van der Waals surface area contributed by atoms with Crippen molar-refractivity contribution in [1.29, 1.82) is 0 Å². The number of piperidine rings is 1. The van der Waals surface area contributed by atoms with Crippen molar-refractivity contribution in [2.75, 3.05) is 25.0 Å². The van der Waals surface area contributed by atoms with Crippen LogP contribution in [0.3, 0.4) is 0 Å². The number of nitrogens with zero attached hydrogens (tertiary/aromatic N) is 2. The number of nitrogens with one attached hydrogen (secondary N) is 1. The number of allylic oxidation sites excluding steroid dienone is 4. The van der Waals surface area contributed by atoms with Crippen LogP contribution in [0, 0.1) is 6.92 Å². The van der Waals surface area contributed by atoms with Gasteiger partial charge in [-0.2, -0.15) is 13.2 Å². The number of carbonyl (C=O) groups is 1. The van der Waals surface area contributed by atoms with Gasteiger partial charge in [0.2, 0.25) is 0 Å². The van der Waals surface area contributed by atoms with Crippen LogP contribution >= 0.6 is 0 Å². The Morgan fingerprint density at radius 2 is 1.91 bits per heavy atom. The number of benzene rings is 1. The SMILES string of the molecule is Cc1c(C(=O)Nc2cccc(C(F)(F)F)c2)cc(C2=CC=CCC2)n1CCCN1CCCCC1.[HH]. The highest BCUT2D eigenvalue weighted by molar-refractivity contribution is 6.05. The molecule has 0 saturated carbocycles. The zero-order valence-electron chi connectivity index (χ0n) is 19.6. The molecule has 1 saturated heterocycles. The highest BCUT2D eigenvalue weighted by Gasteiger charge is 2.30. The maximum Gasteiger partial charge on any atom is 0.416 e. The number of hydrogen-bond acceptors (Lipinski definition) is 2. The fraction of sp³-hybridized carbons (Fsp3) is 0.444. The summed E-state index contributed by atoms with van der Waals surface area (Å²) in [5, 5.41) is 2.67. The molecule has 4 nitrogen and oxygen atoms in total. The van der Waals surface area contributed by atoms with Gasteiger partial charge in [-0.15, -0.1) is 0 Å². The Balaban J connectivity index is 0.00000342. The number of rotatable bonds is 7. The first kappa shape index (κ1) is 24.3. The van der Waals surface area contributed by atoms with Crippen molar-refractivity contribution in [3.8, 4) is 0 Å². The molecule has 184 valence electrons. The molecule has 2 heterocycles. The Kier molecular flexibility index (Phi) is 7.61. The predicted octanol–water partition coefficient (Wildman–Crippen LogP) is 6.92. The first-order valence-electron chi connectivity index (χ1n) is 12.1. The molecule has 1 N–H and O–H groups in total.